The van der Waals surface area contributed by atoms with E-state index in [1.54, 1.807) is 0 Å². The Hall–Kier alpha value is -3.08. The molecule has 4 rings (SSSR count). The third-order valence-corrected chi connectivity index (χ3v) is 7.51. The SMILES string of the molecule is CCCCOc1ccc(CN(CCCC)Cc2c(-c3ccc(Cl)cc3)nc(-c3ccccc3)n2CCCC)cc1. The fourth-order valence-corrected chi connectivity index (χ4v) is 5.07. The maximum absolute atomic E-state index is 6.28. The van der Waals surface area contributed by atoms with Crippen LogP contribution in [0.1, 0.15) is 70.6 Å². The van der Waals surface area contributed by atoms with Gasteiger partial charge in [0.05, 0.1) is 18.0 Å². The highest BCUT2D eigenvalue weighted by atomic mass is 35.5. The summed E-state index contributed by atoms with van der Waals surface area (Å²) < 4.78 is 8.37. The summed E-state index contributed by atoms with van der Waals surface area (Å²) in [5.41, 5.74) is 5.88. The van der Waals surface area contributed by atoms with E-state index in [2.05, 4.69) is 97.0 Å². The zero-order valence-corrected chi connectivity index (χ0v) is 25.2. The summed E-state index contributed by atoms with van der Waals surface area (Å²) in [6.07, 6.45) is 6.78. The molecule has 40 heavy (non-hydrogen) atoms. The molecule has 0 aliphatic heterocycles. The first-order valence-corrected chi connectivity index (χ1v) is 15.4. The van der Waals surface area contributed by atoms with Gasteiger partial charge in [0.1, 0.15) is 11.6 Å². The molecule has 1 aromatic heterocycles. The lowest BCUT2D eigenvalue weighted by Gasteiger charge is -2.24. The second-order valence-corrected chi connectivity index (χ2v) is 11.0. The molecule has 3 aromatic carbocycles. The van der Waals surface area contributed by atoms with Crippen LogP contribution in [-0.2, 0) is 19.6 Å². The van der Waals surface area contributed by atoms with Gasteiger partial charge >= 0.3 is 0 Å². The van der Waals surface area contributed by atoms with Crippen molar-refractivity contribution < 1.29 is 4.74 Å². The summed E-state index contributed by atoms with van der Waals surface area (Å²) in [5.74, 6) is 1.99. The molecule has 0 amide bonds. The van der Waals surface area contributed by atoms with Gasteiger partial charge in [-0.3, -0.25) is 4.90 Å². The largest absolute Gasteiger partial charge is 0.494 e. The Morgan fingerprint density at radius 2 is 1.45 bits per heavy atom. The monoisotopic (exact) mass is 557 g/mol. The topological polar surface area (TPSA) is 30.3 Å². The van der Waals surface area contributed by atoms with Crippen LogP contribution < -0.4 is 4.74 Å². The first-order valence-electron chi connectivity index (χ1n) is 15.0. The Bertz CT molecular complexity index is 1280. The number of ether oxygens (including phenoxy) is 1. The zero-order valence-electron chi connectivity index (χ0n) is 24.4. The molecule has 0 aliphatic carbocycles. The molecule has 0 atom stereocenters. The molecule has 4 aromatic rings. The number of unbranched alkanes of at least 4 members (excludes halogenated alkanes) is 3. The van der Waals surface area contributed by atoms with E-state index in [0.29, 0.717) is 0 Å². The molecular weight excluding hydrogens is 514 g/mol. The van der Waals surface area contributed by atoms with E-state index in [1.165, 1.54) is 11.3 Å². The number of halogens is 1. The molecule has 0 saturated heterocycles. The third kappa shape index (κ3) is 8.22. The summed E-state index contributed by atoms with van der Waals surface area (Å²) in [7, 11) is 0. The van der Waals surface area contributed by atoms with Crippen molar-refractivity contribution in [3.05, 3.63) is 95.1 Å². The van der Waals surface area contributed by atoms with Crippen molar-refractivity contribution in [1.82, 2.24) is 14.5 Å². The number of benzene rings is 3. The first-order chi connectivity index (χ1) is 19.6. The van der Waals surface area contributed by atoms with E-state index in [-0.39, 0.29) is 0 Å². The van der Waals surface area contributed by atoms with E-state index in [1.807, 2.05) is 12.1 Å². The van der Waals surface area contributed by atoms with Crippen molar-refractivity contribution in [3.63, 3.8) is 0 Å². The fourth-order valence-electron chi connectivity index (χ4n) is 4.94. The van der Waals surface area contributed by atoms with Gasteiger partial charge in [0.15, 0.2) is 0 Å². The highest BCUT2D eigenvalue weighted by Gasteiger charge is 2.22. The molecular formula is C35H44ClN3O. The minimum absolute atomic E-state index is 0.741. The van der Waals surface area contributed by atoms with Crippen LogP contribution in [0.25, 0.3) is 22.6 Å². The lowest BCUT2D eigenvalue weighted by atomic mass is 10.1. The molecule has 0 bridgehead atoms. The number of aromatic nitrogens is 2. The van der Waals surface area contributed by atoms with Gasteiger partial charge in [-0.1, -0.05) is 106 Å². The van der Waals surface area contributed by atoms with Crippen LogP contribution in [0.15, 0.2) is 78.9 Å². The Morgan fingerprint density at radius 3 is 2.12 bits per heavy atom. The van der Waals surface area contributed by atoms with Gasteiger partial charge in [-0.15, -0.1) is 0 Å². The summed E-state index contributed by atoms with van der Waals surface area (Å²) in [6, 6.07) is 27.4. The second-order valence-electron chi connectivity index (χ2n) is 10.5. The van der Waals surface area contributed by atoms with Crippen molar-refractivity contribution in [2.75, 3.05) is 13.2 Å². The molecule has 212 valence electrons. The average Bonchev–Trinajstić information content (AvgIpc) is 3.34. The fraction of sp³-hybridized carbons (Fsp3) is 0.400. The van der Waals surface area contributed by atoms with Crippen molar-refractivity contribution >= 4 is 11.6 Å². The van der Waals surface area contributed by atoms with E-state index >= 15 is 0 Å². The van der Waals surface area contributed by atoms with Crippen LogP contribution in [0.4, 0.5) is 0 Å². The first kappa shape index (κ1) is 29.9. The van der Waals surface area contributed by atoms with Crippen LogP contribution in [0.2, 0.25) is 5.02 Å². The Labute approximate surface area is 246 Å². The minimum Gasteiger partial charge on any atom is -0.494 e. The predicted octanol–water partition coefficient (Wildman–Crippen LogP) is 9.65. The van der Waals surface area contributed by atoms with E-state index in [9.17, 15) is 0 Å². The Balaban J connectivity index is 1.70. The summed E-state index contributed by atoms with van der Waals surface area (Å²) >= 11 is 6.28. The molecule has 0 N–H and O–H groups in total. The van der Waals surface area contributed by atoms with Crippen LogP contribution in [0.3, 0.4) is 0 Å². The smallest absolute Gasteiger partial charge is 0.140 e. The van der Waals surface area contributed by atoms with Crippen LogP contribution in [0.5, 0.6) is 5.75 Å². The van der Waals surface area contributed by atoms with Crippen molar-refractivity contribution in [1.29, 1.82) is 0 Å². The van der Waals surface area contributed by atoms with Gasteiger partial charge in [-0.2, -0.15) is 0 Å². The highest BCUT2D eigenvalue weighted by molar-refractivity contribution is 6.30. The summed E-state index contributed by atoms with van der Waals surface area (Å²) in [5, 5.41) is 0.741. The van der Waals surface area contributed by atoms with Crippen LogP contribution in [-0.4, -0.2) is 27.6 Å². The van der Waals surface area contributed by atoms with Gasteiger partial charge in [-0.25, -0.2) is 4.98 Å². The number of nitrogens with zero attached hydrogens (tertiary/aromatic N) is 3. The maximum atomic E-state index is 6.28. The van der Waals surface area contributed by atoms with Gasteiger partial charge in [-0.05, 0) is 55.6 Å². The van der Waals surface area contributed by atoms with E-state index in [0.717, 1.165) is 105 Å². The van der Waals surface area contributed by atoms with Gasteiger partial charge in [0, 0.05) is 35.8 Å². The van der Waals surface area contributed by atoms with Gasteiger partial charge in [0.25, 0.3) is 0 Å². The minimum atomic E-state index is 0.741. The molecule has 0 fully saturated rings. The molecule has 0 aliphatic rings. The molecule has 0 unspecified atom stereocenters. The normalized spacial score (nSPS) is 11.3. The molecule has 0 saturated carbocycles. The zero-order chi connectivity index (χ0) is 28.2. The highest BCUT2D eigenvalue weighted by Crippen LogP contribution is 2.32. The summed E-state index contributed by atoms with van der Waals surface area (Å²) in [4.78, 5) is 7.87. The van der Waals surface area contributed by atoms with E-state index < -0.39 is 0 Å². The summed E-state index contributed by atoms with van der Waals surface area (Å²) in [6.45, 7) is 11.2. The lowest BCUT2D eigenvalue weighted by molar-refractivity contribution is 0.246. The third-order valence-electron chi connectivity index (χ3n) is 7.25. The van der Waals surface area contributed by atoms with Gasteiger partial charge in [0.2, 0.25) is 0 Å². The molecule has 5 heteroatoms. The molecule has 4 nitrogen and oxygen atoms in total. The standard InChI is InChI=1S/C35H44ClN3O/c1-4-7-23-38(26-28-15-21-32(22-16-28)40-25-9-6-3)27-33-34(29-17-19-31(36)20-18-29)37-35(39(33)24-8-5-2)30-13-11-10-12-14-30/h10-22H,4-9,23-27H2,1-3H3. The van der Waals surface area contributed by atoms with Crippen molar-refractivity contribution in [2.45, 2.75) is 78.9 Å². The maximum Gasteiger partial charge on any atom is 0.140 e. The number of imidazole rings is 1. The predicted molar refractivity (Wildman–Crippen MR) is 169 cm³/mol. The number of hydrogen-bond acceptors (Lipinski definition) is 3. The Morgan fingerprint density at radius 1 is 0.750 bits per heavy atom. The van der Waals surface area contributed by atoms with Crippen molar-refractivity contribution in [2.24, 2.45) is 0 Å². The second kappa shape index (κ2) is 15.6. The number of rotatable bonds is 16. The Kier molecular flexibility index (Phi) is 11.7. The van der Waals surface area contributed by atoms with Crippen LogP contribution in [0, 0.1) is 0 Å². The molecule has 1 heterocycles. The quantitative estimate of drug-likeness (QED) is 0.128. The van der Waals surface area contributed by atoms with Crippen molar-refractivity contribution in [3.8, 4) is 28.4 Å². The van der Waals surface area contributed by atoms with Crippen LogP contribution >= 0.6 is 11.6 Å². The molecule has 0 radical (unpaired) electrons. The van der Waals surface area contributed by atoms with E-state index in [4.69, 9.17) is 21.3 Å². The lowest BCUT2D eigenvalue weighted by Crippen LogP contribution is -2.26. The number of hydrogen-bond donors (Lipinski definition) is 0. The molecule has 0 spiro atoms. The van der Waals surface area contributed by atoms with Gasteiger partial charge < -0.3 is 9.30 Å². The average molecular weight is 558 g/mol.